The Balaban J connectivity index is 1.92. The number of phenols is 1. The van der Waals surface area contributed by atoms with E-state index in [1.54, 1.807) is 12.1 Å². The first kappa shape index (κ1) is 14.9. The Kier molecular flexibility index (Phi) is 5.41. The Bertz CT molecular complexity index is 545. The molecule has 0 amide bonds. The number of phenolic OH excluding ortho intramolecular Hbond substituents is 1. The van der Waals surface area contributed by atoms with Crippen LogP contribution in [-0.2, 0) is 13.0 Å². The molecular weight excluding hydrogens is 274 g/mol. The van der Waals surface area contributed by atoms with E-state index in [0.717, 1.165) is 12.0 Å². The summed E-state index contributed by atoms with van der Waals surface area (Å²) >= 11 is 5.87. The summed E-state index contributed by atoms with van der Waals surface area (Å²) in [7, 11) is 0. The zero-order valence-electron chi connectivity index (χ0n) is 11.1. The standard InChI is InChI=1S/C16H18ClNO2/c17-15-9-13(6-7-16(15)20)10-18-14(11-19)8-12-4-2-1-3-5-12/h1-7,9,14,18-20H,8,10-11H2. The van der Waals surface area contributed by atoms with Gasteiger partial charge in [0.1, 0.15) is 5.75 Å². The van der Waals surface area contributed by atoms with Crippen molar-refractivity contribution in [2.24, 2.45) is 0 Å². The van der Waals surface area contributed by atoms with Crippen LogP contribution in [0.3, 0.4) is 0 Å². The van der Waals surface area contributed by atoms with Crippen molar-refractivity contribution in [3.8, 4) is 5.75 Å². The number of halogens is 1. The molecule has 2 rings (SSSR count). The molecule has 0 bridgehead atoms. The van der Waals surface area contributed by atoms with Gasteiger partial charge < -0.3 is 15.5 Å². The second-order valence-corrected chi connectivity index (χ2v) is 5.14. The molecule has 0 radical (unpaired) electrons. The molecule has 0 heterocycles. The maximum absolute atomic E-state index is 9.44. The van der Waals surface area contributed by atoms with Crippen molar-refractivity contribution in [3.63, 3.8) is 0 Å². The number of rotatable bonds is 6. The number of nitrogens with one attached hydrogen (secondary N) is 1. The number of aliphatic hydroxyl groups excluding tert-OH is 1. The SMILES string of the molecule is OCC(Cc1ccccc1)NCc1ccc(O)c(Cl)c1. The van der Waals surface area contributed by atoms with Crippen molar-refractivity contribution in [1.82, 2.24) is 5.32 Å². The maximum Gasteiger partial charge on any atom is 0.134 e. The van der Waals surface area contributed by atoms with E-state index in [2.05, 4.69) is 5.32 Å². The molecule has 1 unspecified atom stereocenters. The smallest absolute Gasteiger partial charge is 0.134 e. The van der Waals surface area contributed by atoms with Gasteiger partial charge in [0, 0.05) is 12.6 Å². The lowest BCUT2D eigenvalue weighted by Crippen LogP contribution is -2.34. The van der Waals surface area contributed by atoms with Crippen molar-refractivity contribution >= 4 is 11.6 Å². The molecule has 0 aliphatic heterocycles. The fourth-order valence-electron chi connectivity index (χ4n) is 2.02. The molecule has 2 aromatic rings. The van der Waals surface area contributed by atoms with Gasteiger partial charge in [-0.05, 0) is 29.7 Å². The molecule has 0 saturated carbocycles. The van der Waals surface area contributed by atoms with Crippen LogP contribution >= 0.6 is 11.6 Å². The van der Waals surface area contributed by atoms with E-state index in [1.807, 2.05) is 36.4 Å². The first-order valence-electron chi connectivity index (χ1n) is 6.54. The Morgan fingerprint density at radius 2 is 1.80 bits per heavy atom. The van der Waals surface area contributed by atoms with Crippen molar-refractivity contribution in [3.05, 3.63) is 64.7 Å². The van der Waals surface area contributed by atoms with Crippen LogP contribution < -0.4 is 5.32 Å². The topological polar surface area (TPSA) is 52.5 Å². The second-order valence-electron chi connectivity index (χ2n) is 4.74. The van der Waals surface area contributed by atoms with Gasteiger partial charge in [-0.15, -0.1) is 0 Å². The molecule has 1 atom stereocenters. The summed E-state index contributed by atoms with van der Waals surface area (Å²) in [5.74, 6) is 0.0819. The minimum Gasteiger partial charge on any atom is -0.506 e. The third-order valence-electron chi connectivity index (χ3n) is 3.15. The Hall–Kier alpha value is -1.55. The monoisotopic (exact) mass is 291 g/mol. The van der Waals surface area contributed by atoms with Crippen LogP contribution in [0.4, 0.5) is 0 Å². The molecule has 0 aromatic heterocycles. The Labute approximate surface area is 123 Å². The van der Waals surface area contributed by atoms with Crippen LogP contribution in [0.15, 0.2) is 48.5 Å². The minimum atomic E-state index is -0.00928. The molecule has 106 valence electrons. The fraction of sp³-hybridized carbons (Fsp3) is 0.250. The summed E-state index contributed by atoms with van der Waals surface area (Å²) < 4.78 is 0. The van der Waals surface area contributed by atoms with Gasteiger partial charge in [-0.1, -0.05) is 48.0 Å². The van der Waals surface area contributed by atoms with Crippen LogP contribution in [0, 0.1) is 0 Å². The molecule has 3 nitrogen and oxygen atoms in total. The van der Waals surface area contributed by atoms with Gasteiger partial charge >= 0.3 is 0 Å². The fourth-order valence-corrected chi connectivity index (χ4v) is 2.23. The summed E-state index contributed by atoms with van der Waals surface area (Å²) in [6.07, 6.45) is 0.767. The van der Waals surface area contributed by atoms with Crippen LogP contribution in [0.2, 0.25) is 5.02 Å². The predicted molar refractivity (Wildman–Crippen MR) is 81.0 cm³/mol. The summed E-state index contributed by atoms with van der Waals surface area (Å²) in [6, 6.07) is 15.1. The molecule has 20 heavy (non-hydrogen) atoms. The van der Waals surface area contributed by atoms with Crippen molar-refractivity contribution in [2.75, 3.05) is 6.61 Å². The number of aromatic hydroxyl groups is 1. The van der Waals surface area contributed by atoms with Crippen LogP contribution in [0.25, 0.3) is 0 Å². The Morgan fingerprint density at radius 1 is 1.05 bits per heavy atom. The maximum atomic E-state index is 9.44. The zero-order valence-corrected chi connectivity index (χ0v) is 11.8. The van der Waals surface area contributed by atoms with Crippen LogP contribution in [-0.4, -0.2) is 22.9 Å². The first-order chi connectivity index (χ1) is 9.69. The molecular formula is C16H18ClNO2. The number of hydrogen-bond acceptors (Lipinski definition) is 3. The largest absolute Gasteiger partial charge is 0.506 e. The van der Waals surface area contributed by atoms with Crippen molar-refractivity contribution in [1.29, 1.82) is 0 Å². The van der Waals surface area contributed by atoms with Gasteiger partial charge in [-0.25, -0.2) is 0 Å². The average Bonchev–Trinajstić information content (AvgIpc) is 2.48. The summed E-state index contributed by atoms with van der Waals surface area (Å²) in [4.78, 5) is 0. The highest BCUT2D eigenvalue weighted by molar-refractivity contribution is 6.32. The molecule has 0 fully saturated rings. The normalized spacial score (nSPS) is 12.3. The highest BCUT2D eigenvalue weighted by Crippen LogP contribution is 2.23. The lowest BCUT2D eigenvalue weighted by Gasteiger charge is -2.16. The molecule has 3 N–H and O–H groups in total. The number of aliphatic hydroxyl groups is 1. The molecule has 0 aliphatic carbocycles. The highest BCUT2D eigenvalue weighted by Gasteiger charge is 2.08. The average molecular weight is 292 g/mol. The van der Waals surface area contributed by atoms with Gasteiger partial charge in [-0.3, -0.25) is 0 Å². The van der Waals surface area contributed by atoms with Crippen molar-refractivity contribution in [2.45, 2.75) is 19.0 Å². The minimum absolute atomic E-state index is 0.00928. The van der Waals surface area contributed by atoms with Crippen LogP contribution in [0.5, 0.6) is 5.75 Å². The van der Waals surface area contributed by atoms with E-state index in [9.17, 15) is 10.2 Å². The van der Waals surface area contributed by atoms with Crippen LogP contribution in [0.1, 0.15) is 11.1 Å². The van der Waals surface area contributed by atoms with E-state index in [-0.39, 0.29) is 18.4 Å². The summed E-state index contributed by atoms with van der Waals surface area (Å²) in [5, 5.41) is 22.4. The van der Waals surface area contributed by atoms with Gasteiger partial charge in [0.15, 0.2) is 0 Å². The lowest BCUT2D eigenvalue weighted by molar-refractivity contribution is 0.241. The van der Waals surface area contributed by atoms with Gasteiger partial charge in [0.2, 0.25) is 0 Å². The summed E-state index contributed by atoms with van der Waals surface area (Å²) in [6.45, 7) is 0.665. The zero-order chi connectivity index (χ0) is 14.4. The number of benzene rings is 2. The van der Waals surface area contributed by atoms with E-state index in [1.165, 1.54) is 5.56 Å². The lowest BCUT2D eigenvalue weighted by atomic mass is 10.1. The molecule has 4 heteroatoms. The molecule has 0 saturated heterocycles. The van der Waals surface area contributed by atoms with E-state index in [0.29, 0.717) is 11.6 Å². The number of hydrogen-bond donors (Lipinski definition) is 3. The summed E-state index contributed by atoms with van der Waals surface area (Å²) in [5.41, 5.74) is 2.15. The van der Waals surface area contributed by atoms with Crippen molar-refractivity contribution < 1.29 is 10.2 Å². The van der Waals surface area contributed by atoms with E-state index in [4.69, 9.17) is 11.6 Å². The molecule has 2 aromatic carbocycles. The molecule has 0 aliphatic rings. The van der Waals surface area contributed by atoms with Gasteiger partial charge in [-0.2, -0.15) is 0 Å². The van der Waals surface area contributed by atoms with Gasteiger partial charge in [0.25, 0.3) is 0 Å². The van der Waals surface area contributed by atoms with E-state index >= 15 is 0 Å². The third-order valence-corrected chi connectivity index (χ3v) is 3.46. The predicted octanol–water partition coefficient (Wildman–Crippen LogP) is 2.74. The Morgan fingerprint density at radius 3 is 2.45 bits per heavy atom. The quantitative estimate of drug-likeness (QED) is 0.767. The third kappa shape index (κ3) is 4.23. The second kappa shape index (κ2) is 7.29. The van der Waals surface area contributed by atoms with E-state index < -0.39 is 0 Å². The highest BCUT2D eigenvalue weighted by atomic mass is 35.5. The first-order valence-corrected chi connectivity index (χ1v) is 6.92. The molecule has 0 spiro atoms. The van der Waals surface area contributed by atoms with Gasteiger partial charge in [0.05, 0.1) is 11.6 Å².